The molecule has 4 atom stereocenters. The summed E-state index contributed by atoms with van der Waals surface area (Å²) in [6, 6.07) is 7.58. The number of carbonyl (C=O) groups is 3. The molecule has 7 nitrogen and oxygen atoms in total. The summed E-state index contributed by atoms with van der Waals surface area (Å²) in [4.78, 5) is 40.5. The van der Waals surface area contributed by atoms with E-state index in [1.165, 1.54) is 21.8 Å². The maximum atomic E-state index is 13.1. The molecule has 2 N–H and O–H groups in total. The van der Waals surface area contributed by atoms with E-state index >= 15 is 0 Å². The molecule has 262 valence electrons. The Balaban J connectivity index is 1.23. The molecule has 3 aliphatic rings. The molecule has 0 saturated carbocycles. The van der Waals surface area contributed by atoms with Crippen LogP contribution in [-0.2, 0) is 27.2 Å². The number of β-lactam (4-membered cyclic amide) rings is 1. The average Bonchev–Trinajstić information content (AvgIpc) is 3.57. The van der Waals surface area contributed by atoms with Crippen molar-refractivity contribution in [1.82, 2.24) is 4.90 Å². The summed E-state index contributed by atoms with van der Waals surface area (Å²) in [7, 11) is 0. The predicted octanol–water partition coefficient (Wildman–Crippen LogP) is 9.08. The van der Waals surface area contributed by atoms with Crippen LogP contribution < -0.4 is 4.74 Å². The average molecular weight is 686 g/mol. The van der Waals surface area contributed by atoms with Crippen molar-refractivity contribution in [3.63, 3.8) is 0 Å². The number of phenolic OH excluding ortho intramolecular Hbond substituents is 1. The Morgan fingerprint density at radius 3 is 2.67 bits per heavy atom. The minimum Gasteiger partial charge on any atom is -0.507 e. The summed E-state index contributed by atoms with van der Waals surface area (Å²) in [5, 5.41) is 23.4. The Kier molecular flexibility index (Phi) is 12.4. The van der Waals surface area contributed by atoms with Crippen LogP contribution in [0, 0.1) is 11.8 Å². The number of aryl methyl sites for hydroxylation is 1. The Labute approximate surface area is 295 Å². The van der Waals surface area contributed by atoms with Crippen molar-refractivity contribution in [3.8, 4) is 11.5 Å². The standard InChI is InChI=1S/C41H51NO6S/c1-5-6-8-12-28-22-36(44)38(33-21-27(4)15-17-32(33)26(2)3)37(23-28)48-19-10-7-9-13-29-16-18-35-34(40(45)42(35)39(29)41(46)47)25-30(43)24-31-14-11-20-49-31/h7,10-11,14,20-23,32-35,44H,2,5-6,8-9,12-13,15-19,24-25H2,1,3-4H3,(H,46,47)/b10-7+/t32-,33+,34-,35+/m0/s1. The maximum Gasteiger partial charge on any atom is 0.352 e. The molecule has 3 heterocycles. The summed E-state index contributed by atoms with van der Waals surface area (Å²) in [5.74, 6) is -0.564. The summed E-state index contributed by atoms with van der Waals surface area (Å²) in [6.45, 7) is 11.0. The van der Waals surface area contributed by atoms with Gasteiger partial charge in [-0.05, 0) is 106 Å². The molecule has 2 aromatic rings. The number of allylic oxidation sites excluding steroid dienone is 5. The lowest BCUT2D eigenvalue weighted by Gasteiger charge is -2.50. The second-order valence-corrected chi connectivity index (χ2v) is 15.0. The number of fused-ring (bicyclic) bond motifs is 1. The van der Waals surface area contributed by atoms with Gasteiger partial charge in [0.15, 0.2) is 0 Å². The van der Waals surface area contributed by atoms with Gasteiger partial charge in [-0.1, -0.05) is 61.8 Å². The third kappa shape index (κ3) is 8.64. The number of benzene rings is 1. The highest BCUT2D eigenvalue weighted by Gasteiger charge is 2.52. The summed E-state index contributed by atoms with van der Waals surface area (Å²) in [6.07, 6.45) is 15.3. The number of ketones is 1. The molecule has 1 aromatic carbocycles. The molecule has 0 spiro atoms. The van der Waals surface area contributed by atoms with E-state index in [-0.39, 0.29) is 47.4 Å². The lowest BCUT2D eigenvalue weighted by molar-refractivity contribution is -0.160. The Morgan fingerprint density at radius 1 is 1.14 bits per heavy atom. The van der Waals surface area contributed by atoms with Crippen molar-refractivity contribution in [2.45, 2.75) is 110 Å². The number of Topliss-reactive ketones (excluding diaryl/α,β-unsaturated/α-hetero) is 1. The number of carboxylic acid groups (broad SMARTS) is 1. The molecular formula is C41H51NO6S. The Hall–Kier alpha value is -3.91. The van der Waals surface area contributed by atoms with Crippen LogP contribution in [0.25, 0.3) is 0 Å². The number of hydrogen-bond acceptors (Lipinski definition) is 6. The molecule has 1 aromatic heterocycles. The zero-order valence-electron chi connectivity index (χ0n) is 29.2. The minimum absolute atomic E-state index is 0.00523. The van der Waals surface area contributed by atoms with Crippen LogP contribution in [0.2, 0.25) is 0 Å². The van der Waals surface area contributed by atoms with E-state index in [9.17, 15) is 24.6 Å². The van der Waals surface area contributed by atoms with E-state index < -0.39 is 11.9 Å². The molecule has 5 rings (SSSR count). The van der Waals surface area contributed by atoms with Crippen molar-refractivity contribution < 1.29 is 29.3 Å². The monoisotopic (exact) mass is 685 g/mol. The van der Waals surface area contributed by atoms with Gasteiger partial charge < -0.3 is 19.8 Å². The normalized spacial score (nSPS) is 22.1. The van der Waals surface area contributed by atoms with Crippen molar-refractivity contribution in [3.05, 3.63) is 92.9 Å². The van der Waals surface area contributed by atoms with Crippen LogP contribution in [0.5, 0.6) is 11.5 Å². The van der Waals surface area contributed by atoms with Crippen LogP contribution >= 0.6 is 11.3 Å². The summed E-state index contributed by atoms with van der Waals surface area (Å²) in [5.41, 5.74) is 5.16. The Bertz CT molecular complexity index is 1630. The molecule has 2 aliphatic heterocycles. The lowest BCUT2D eigenvalue weighted by atomic mass is 9.73. The fraction of sp³-hybridized carbons (Fsp3) is 0.488. The SMILES string of the molecule is C=C(C)[C@@H]1CCC(C)=C[C@H]1c1c(O)cc(CCCCC)cc1OC/C=C/CCC1=C(C(=O)O)N2C(=O)[C@@H](CC(=O)Cc3cccs3)[C@H]2CC1. The van der Waals surface area contributed by atoms with Gasteiger partial charge in [-0.3, -0.25) is 9.59 Å². The van der Waals surface area contributed by atoms with E-state index in [1.807, 2.05) is 35.7 Å². The minimum atomic E-state index is -1.09. The fourth-order valence-electron chi connectivity index (χ4n) is 7.80. The van der Waals surface area contributed by atoms with Crippen LogP contribution in [0.3, 0.4) is 0 Å². The zero-order chi connectivity index (χ0) is 35.1. The summed E-state index contributed by atoms with van der Waals surface area (Å²) >= 11 is 1.52. The van der Waals surface area contributed by atoms with Gasteiger partial charge in [0.25, 0.3) is 0 Å². The molecule has 8 heteroatoms. The van der Waals surface area contributed by atoms with Crippen molar-refractivity contribution in [2.24, 2.45) is 11.8 Å². The first-order chi connectivity index (χ1) is 23.6. The van der Waals surface area contributed by atoms with Gasteiger partial charge in [0, 0.05) is 35.2 Å². The van der Waals surface area contributed by atoms with Gasteiger partial charge in [0.1, 0.15) is 29.6 Å². The first-order valence-electron chi connectivity index (χ1n) is 17.9. The summed E-state index contributed by atoms with van der Waals surface area (Å²) < 4.78 is 6.37. The second-order valence-electron chi connectivity index (χ2n) is 14.0. The molecule has 1 saturated heterocycles. The Morgan fingerprint density at radius 2 is 1.96 bits per heavy atom. The van der Waals surface area contributed by atoms with Crippen molar-refractivity contribution in [2.75, 3.05) is 6.61 Å². The van der Waals surface area contributed by atoms with Gasteiger partial charge in [0.2, 0.25) is 5.91 Å². The lowest BCUT2D eigenvalue weighted by Crippen LogP contribution is -2.63. The number of thiophene rings is 1. The smallest absolute Gasteiger partial charge is 0.352 e. The number of aromatic hydroxyl groups is 1. The van der Waals surface area contributed by atoms with E-state index in [1.54, 1.807) is 0 Å². The number of rotatable bonds is 17. The quantitative estimate of drug-likeness (QED) is 0.0978. The highest BCUT2D eigenvalue weighted by atomic mass is 32.1. The van der Waals surface area contributed by atoms with Gasteiger partial charge in [-0.2, -0.15) is 0 Å². The highest BCUT2D eigenvalue weighted by Crippen LogP contribution is 2.47. The molecule has 0 bridgehead atoms. The van der Waals surface area contributed by atoms with Crippen LogP contribution in [0.1, 0.15) is 107 Å². The van der Waals surface area contributed by atoms with Crippen LogP contribution in [-0.4, -0.2) is 45.4 Å². The number of hydrogen-bond donors (Lipinski definition) is 2. The molecule has 1 fully saturated rings. The zero-order valence-corrected chi connectivity index (χ0v) is 30.0. The predicted molar refractivity (Wildman–Crippen MR) is 195 cm³/mol. The number of carbonyl (C=O) groups excluding carboxylic acids is 2. The number of amides is 1. The molecule has 49 heavy (non-hydrogen) atoms. The highest BCUT2D eigenvalue weighted by molar-refractivity contribution is 7.10. The third-order valence-electron chi connectivity index (χ3n) is 10.3. The molecular weight excluding hydrogens is 635 g/mol. The van der Waals surface area contributed by atoms with Crippen LogP contribution in [0.4, 0.5) is 0 Å². The number of ether oxygens (including phenoxy) is 1. The largest absolute Gasteiger partial charge is 0.507 e. The van der Waals surface area contributed by atoms with E-state index in [4.69, 9.17) is 4.74 Å². The van der Waals surface area contributed by atoms with Crippen LogP contribution in [0.15, 0.2) is 76.9 Å². The van der Waals surface area contributed by atoms with E-state index in [0.29, 0.717) is 44.5 Å². The van der Waals surface area contributed by atoms with E-state index in [2.05, 4.69) is 39.5 Å². The number of unbranched alkanes of at least 4 members (excludes halogenated alkanes) is 2. The van der Waals surface area contributed by atoms with Gasteiger partial charge >= 0.3 is 5.97 Å². The van der Waals surface area contributed by atoms with E-state index in [0.717, 1.165) is 65.7 Å². The van der Waals surface area contributed by atoms with Gasteiger partial charge in [-0.15, -0.1) is 11.3 Å². The molecule has 1 aliphatic carbocycles. The molecule has 0 radical (unpaired) electrons. The van der Waals surface area contributed by atoms with Crippen molar-refractivity contribution in [1.29, 1.82) is 0 Å². The van der Waals surface area contributed by atoms with Gasteiger partial charge in [0.05, 0.1) is 5.92 Å². The number of phenols is 1. The molecule has 0 unspecified atom stereocenters. The number of carboxylic acids is 1. The van der Waals surface area contributed by atoms with Gasteiger partial charge in [-0.25, -0.2) is 4.79 Å². The fourth-order valence-corrected chi connectivity index (χ4v) is 8.53. The first kappa shape index (κ1) is 36.4. The second kappa shape index (κ2) is 16.7. The first-order valence-corrected chi connectivity index (χ1v) is 18.8. The maximum absolute atomic E-state index is 13.1. The number of aliphatic carboxylic acids is 1. The topological polar surface area (TPSA) is 104 Å². The van der Waals surface area contributed by atoms with Crippen molar-refractivity contribution >= 4 is 29.0 Å². The molecule has 1 amide bonds. The number of nitrogens with zero attached hydrogens (tertiary/aromatic N) is 1. The third-order valence-corrected chi connectivity index (χ3v) is 11.2.